The molecular weight excluding hydrogens is 200 g/mol. The molecule has 86 valence electrons. The topological polar surface area (TPSA) is 41.1 Å². The highest BCUT2D eigenvalue weighted by molar-refractivity contribution is 5.95. The first-order valence-corrected chi connectivity index (χ1v) is 5.88. The smallest absolute Gasteiger partial charge is 0.251 e. The quantitative estimate of drug-likeness (QED) is 0.816. The van der Waals surface area contributed by atoms with E-state index in [1.165, 1.54) is 11.3 Å². The van der Waals surface area contributed by atoms with E-state index in [-0.39, 0.29) is 11.9 Å². The van der Waals surface area contributed by atoms with Gasteiger partial charge in [-0.05, 0) is 43.5 Å². The number of hydrogen-bond donors (Lipinski definition) is 2. The van der Waals surface area contributed by atoms with E-state index in [2.05, 4.69) is 17.6 Å². The number of rotatable bonds is 3. The SMILES string of the molecule is CCC(C)NC(=O)c1ccc2c(c1)CCN2. The molecule has 0 aromatic heterocycles. The summed E-state index contributed by atoms with van der Waals surface area (Å²) in [5.74, 6) is 0.0315. The fourth-order valence-corrected chi connectivity index (χ4v) is 1.86. The van der Waals surface area contributed by atoms with E-state index in [1.54, 1.807) is 0 Å². The number of anilines is 1. The third-order valence-electron chi connectivity index (χ3n) is 3.07. The Hall–Kier alpha value is -1.51. The molecule has 1 aromatic carbocycles. The highest BCUT2D eigenvalue weighted by atomic mass is 16.1. The fraction of sp³-hybridized carbons (Fsp3) is 0.462. The van der Waals surface area contributed by atoms with Gasteiger partial charge in [0.2, 0.25) is 0 Å². The van der Waals surface area contributed by atoms with E-state index in [0.29, 0.717) is 0 Å². The van der Waals surface area contributed by atoms with Crippen molar-refractivity contribution in [3.63, 3.8) is 0 Å². The lowest BCUT2D eigenvalue weighted by Gasteiger charge is -2.11. The van der Waals surface area contributed by atoms with Crippen molar-refractivity contribution < 1.29 is 4.79 Å². The zero-order valence-corrected chi connectivity index (χ0v) is 9.84. The molecule has 3 heteroatoms. The summed E-state index contributed by atoms with van der Waals surface area (Å²) in [5.41, 5.74) is 3.18. The van der Waals surface area contributed by atoms with Gasteiger partial charge < -0.3 is 10.6 Å². The number of fused-ring (bicyclic) bond motifs is 1. The first-order chi connectivity index (χ1) is 7.70. The minimum Gasteiger partial charge on any atom is -0.384 e. The molecule has 1 amide bonds. The van der Waals surface area contributed by atoms with Gasteiger partial charge in [-0.15, -0.1) is 0 Å². The van der Waals surface area contributed by atoms with Crippen LogP contribution in [0.4, 0.5) is 5.69 Å². The average Bonchev–Trinajstić information content (AvgIpc) is 2.75. The van der Waals surface area contributed by atoms with Gasteiger partial charge in [-0.3, -0.25) is 4.79 Å². The Balaban J connectivity index is 2.12. The number of nitrogens with one attached hydrogen (secondary N) is 2. The normalized spacial score (nSPS) is 15.1. The van der Waals surface area contributed by atoms with Crippen LogP contribution >= 0.6 is 0 Å². The maximum Gasteiger partial charge on any atom is 0.251 e. The third-order valence-corrected chi connectivity index (χ3v) is 3.07. The molecule has 1 aliphatic heterocycles. The highest BCUT2D eigenvalue weighted by Gasteiger charge is 2.14. The summed E-state index contributed by atoms with van der Waals surface area (Å²) >= 11 is 0. The van der Waals surface area contributed by atoms with Gasteiger partial charge in [0.25, 0.3) is 5.91 Å². The van der Waals surface area contributed by atoms with E-state index >= 15 is 0 Å². The van der Waals surface area contributed by atoms with E-state index in [9.17, 15) is 4.79 Å². The molecule has 16 heavy (non-hydrogen) atoms. The summed E-state index contributed by atoms with van der Waals surface area (Å²) in [6.45, 7) is 5.07. The Morgan fingerprint density at radius 3 is 3.12 bits per heavy atom. The Morgan fingerprint density at radius 1 is 1.56 bits per heavy atom. The van der Waals surface area contributed by atoms with Crippen molar-refractivity contribution in [3.8, 4) is 0 Å². The minimum atomic E-state index is 0.0315. The Kier molecular flexibility index (Phi) is 3.13. The largest absolute Gasteiger partial charge is 0.384 e. The van der Waals surface area contributed by atoms with E-state index < -0.39 is 0 Å². The van der Waals surface area contributed by atoms with Gasteiger partial charge in [-0.1, -0.05) is 6.92 Å². The lowest BCUT2D eigenvalue weighted by atomic mass is 10.1. The van der Waals surface area contributed by atoms with Gasteiger partial charge >= 0.3 is 0 Å². The predicted molar refractivity (Wildman–Crippen MR) is 65.9 cm³/mol. The zero-order valence-electron chi connectivity index (χ0n) is 9.84. The van der Waals surface area contributed by atoms with Crippen LogP contribution in [0.25, 0.3) is 0 Å². The lowest BCUT2D eigenvalue weighted by molar-refractivity contribution is 0.0939. The molecule has 0 fully saturated rings. The first-order valence-electron chi connectivity index (χ1n) is 5.88. The van der Waals surface area contributed by atoms with Crippen molar-refractivity contribution in [2.75, 3.05) is 11.9 Å². The van der Waals surface area contributed by atoms with Crippen molar-refractivity contribution in [2.45, 2.75) is 32.7 Å². The van der Waals surface area contributed by atoms with Crippen LogP contribution < -0.4 is 10.6 Å². The zero-order chi connectivity index (χ0) is 11.5. The summed E-state index contributed by atoms with van der Waals surface area (Å²) in [7, 11) is 0. The highest BCUT2D eigenvalue weighted by Crippen LogP contribution is 2.22. The first kappa shape index (κ1) is 11.0. The molecule has 2 N–H and O–H groups in total. The second-order valence-electron chi connectivity index (χ2n) is 4.33. The summed E-state index contributed by atoms with van der Waals surface area (Å²) in [6, 6.07) is 6.11. The Bertz CT molecular complexity index is 401. The van der Waals surface area contributed by atoms with Crippen molar-refractivity contribution in [3.05, 3.63) is 29.3 Å². The molecule has 1 atom stereocenters. The Labute approximate surface area is 96.2 Å². The molecular formula is C13H18N2O. The Morgan fingerprint density at radius 2 is 2.38 bits per heavy atom. The molecule has 1 heterocycles. The van der Waals surface area contributed by atoms with Gasteiger partial charge in [0, 0.05) is 23.8 Å². The van der Waals surface area contributed by atoms with Gasteiger partial charge in [-0.25, -0.2) is 0 Å². The second-order valence-corrected chi connectivity index (χ2v) is 4.33. The van der Waals surface area contributed by atoms with Crippen molar-refractivity contribution in [2.24, 2.45) is 0 Å². The predicted octanol–water partition coefficient (Wildman–Crippen LogP) is 2.18. The summed E-state index contributed by atoms with van der Waals surface area (Å²) in [5, 5.41) is 6.26. The van der Waals surface area contributed by atoms with Crippen LogP contribution in [0.1, 0.15) is 36.2 Å². The van der Waals surface area contributed by atoms with Gasteiger partial charge in [0.15, 0.2) is 0 Å². The second kappa shape index (κ2) is 4.56. The molecule has 0 saturated carbocycles. The third kappa shape index (κ3) is 2.18. The molecule has 0 aliphatic carbocycles. The van der Waals surface area contributed by atoms with Gasteiger partial charge in [-0.2, -0.15) is 0 Å². The van der Waals surface area contributed by atoms with Crippen molar-refractivity contribution in [1.29, 1.82) is 0 Å². The van der Waals surface area contributed by atoms with E-state index in [1.807, 2.05) is 25.1 Å². The molecule has 2 rings (SSSR count). The molecule has 3 nitrogen and oxygen atoms in total. The molecule has 1 aliphatic rings. The molecule has 1 aromatic rings. The van der Waals surface area contributed by atoms with E-state index in [0.717, 1.165) is 24.9 Å². The molecule has 1 unspecified atom stereocenters. The molecule has 0 bridgehead atoms. The van der Waals surface area contributed by atoms with Crippen molar-refractivity contribution >= 4 is 11.6 Å². The van der Waals surface area contributed by atoms with Crippen LogP contribution in [-0.4, -0.2) is 18.5 Å². The van der Waals surface area contributed by atoms with E-state index in [4.69, 9.17) is 0 Å². The summed E-state index contributed by atoms with van der Waals surface area (Å²) in [6.07, 6.45) is 1.97. The van der Waals surface area contributed by atoms with Crippen molar-refractivity contribution in [1.82, 2.24) is 5.32 Å². The summed E-state index contributed by atoms with van der Waals surface area (Å²) < 4.78 is 0. The standard InChI is InChI=1S/C13H18N2O/c1-3-9(2)15-13(16)11-4-5-12-10(8-11)6-7-14-12/h4-5,8-9,14H,3,6-7H2,1-2H3,(H,15,16). The molecule has 0 radical (unpaired) electrons. The van der Waals surface area contributed by atoms with Gasteiger partial charge in [0.05, 0.1) is 0 Å². The van der Waals surface area contributed by atoms with Crippen LogP contribution in [0.15, 0.2) is 18.2 Å². The number of benzene rings is 1. The monoisotopic (exact) mass is 218 g/mol. The maximum atomic E-state index is 11.9. The summed E-state index contributed by atoms with van der Waals surface area (Å²) in [4.78, 5) is 11.9. The van der Waals surface area contributed by atoms with Gasteiger partial charge in [0.1, 0.15) is 0 Å². The minimum absolute atomic E-state index is 0.0315. The van der Waals surface area contributed by atoms with Crippen LogP contribution in [0.5, 0.6) is 0 Å². The molecule has 0 saturated heterocycles. The number of carbonyl (C=O) groups is 1. The maximum absolute atomic E-state index is 11.9. The van der Waals surface area contributed by atoms with Crippen LogP contribution in [0, 0.1) is 0 Å². The van der Waals surface area contributed by atoms with Crippen LogP contribution in [-0.2, 0) is 6.42 Å². The van der Waals surface area contributed by atoms with Crippen LogP contribution in [0.2, 0.25) is 0 Å². The van der Waals surface area contributed by atoms with Crippen LogP contribution in [0.3, 0.4) is 0 Å². The fourth-order valence-electron chi connectivity index (χ4n) is 1.86. The molecule has 0 spiro atoms. The lowest BCUT2D eigenvalue weighted by Crippen LogP contribution is -2.31. The number of amides is 1. The number of carbonyl (C=O) groups excluding carboxylic acids is 1. The number of hydrogen-bond acceptors (Lipinski definition) is 2. The average molecular weight is 218 g/mol.